The van der Waals surface area contributed by atoms with Crippen molar-refractivity contribution < 1.29 is 14.3 Å². The van der Waals surface area contributed by atoms with Crippen LogP contribution in [-0.2, 0) is 11.3 Å². The van der Waals surface area contributed by atoms with E-state index in [-0.39, 0.29) is 17.9 Å². The van der Waals surface area contributed by atoms with Crippen LogP contribution < -0.4 is 10.1 Å². The van der Waals surface area contributed by atoms with Gasteiger partial charge in [0.05, 0.1) is 35.4 Å². The van der Waals surface area contributed by atoms with Gasteiger partial charge in [-0.1, -0.05) is 18.2 Å². The third-order valence-corrected chi connectivity index (χ3v) is 6.83. The number of nitrogens with zero attached hydrogens (tertiary/aromatic N) is 4. The van der Waals surface area contributed by atoms with Gasteiger partial charge in [-0.25, -0.2) is 4.98 Å². The molecule has 0 bridgehead atoms. The Morgan fingerprint density at radius 3 is 2.70 bits per heavy atom. The summed E-state index contributed by atoms with van der Waals surface area (Å²) < 4.78 is 7.49. The van der Waals surface area contributed by atoms with Gasteiger partial charge < -0.3 is 19.5 Å². The van der Waals surface area contributed by atoms with Crippen LogP contribution in [0.3, 0.4) is 0 Å². The molecule has 2 amide bonds. The second-order valence-corrected chi connectivity index (χ2v) is 9.25. The highest BCUT2D eigenvalue weighted by molar-refractivity contribution is 6.08. The second-order valence-electron chi connectivity index (χ2n) is 9.25. The number of rotatable bonds is 6. The molecule has 5 rings (SSSR count). The second kappa shape index (κ2) is 10.4. The van der Waals surface area contributed by atoms with E-state index in [1.165, 1.54) is 6.92 Å². The summed E-state index contributed by atoms with van der Waals surface area (Å²) >= 11 is 0. The minimum Gasteiger partial charge on any atom is -0.497 e. The predicted molar refractivity (Wildman–Crippen MR) is 144 cm³/mol. The third-order valence-electron chi connectivity index (χ3n) is 6.83. The van der Waals surface area contributed by atoms with Gasteiger partial charge in [0.2, 0.25) is 5.91 Å². The van der Waals surface area contributed by atoms with Gasteiger partial charge in [0.1, 0.15) is 11.6 Å². The molecule has 3 heterocycles. The van der Waals surface area contributed by atoms with E-state index in [1.54, 1.807) is 19.4 Å². The highest BCUT2D eigenvalue weighted by Crippen LogP contribution is 2.35. The molecule has 1 N–H and O–H groups in total. The number of likely N-dealkylation sites (tertiary alicyclic amines) is 1. The summed E-state index contributed by atoms with van der Waals surface area (Å²) in [4.78, 5) is 37.6. The Morgan fingerprint density at radius 1 is 1.11 bits per heavy atom. The van der Waals surface area contributed by atoms with Crippen molar-refractivity contribution in [1.29, 1.82) is 0 Å². The number of hydrogen-bond acceptors (Lipinski definition) is 5. The normalized spacial score (nSPS) is 15.5. The molecular formula is C29H31N5O3. The summed E-state index contributed by atoms with van der Waals surface area (Å²) in [5, 5.41) is 2.85. The van der Waals surface area contributed by atoms with Gasteiger partial charge in [-0.2, -0.15) is 0 Å². The number of carbonyl (C=O) groups excluding carboxylic acids is 2. The van der Waals surface area contributed by atoms with E-state index in [4.69, 9.17) is 9.72 Å². The Kier molecular flexibility index (Phi) is 6.90. The molecule has 8 heteroatoms. The maximum atomic E-state index is 14.3. The molecule has 0 saturated carbocycles. The third kappa shape index (κ3) is 4.79. The predicted octanol–water partition coefficient (Wildman–Crippen LogP) is 5.45. The van der Waals surface area contributed by atoms with E-state index in [2.05, 4.69) is 14.9 Å². The van der Waals surface area contributed by atoms with Crippen molar-refractivity contribution in [3.05, 3.63) is 72.1 Å². The standard InChI is InChI=1S/C29H31N5O3/c1-4-33-27-23(29(36)34-15-8-6-13-26(34)24-12-5-7-14-30-24)17-21(31-19(2)35)18-25(27)32-28(33)20-10-9-11-22(16-20)37-3/h5,7,9-12,14,16-18,26H,4,6,8,13,15H2,1-3H3,(H,31,35)/t26-/m1/s1. The average molecular weight is 498 g/mol. The van der Waals surface area contributed by atoms with Gasteiger partial charge in [-0.05, 0) is 62.6 Å². The number of carbonyl (C=O) groups is 2. The SMILES string of the molecule is CCn1c(-c2cccc(OC)c2)nc2cc(NC(C)=O)cc(C(=O)N3CCCC[C@@H]3c3ccccn3)c21. The fraction of sp³-hybridized carbons (Fsp3) is 0.310. The summed E-state index contributed by atoms with van der Waals surface area (Å²) in [6.07, 6.45) is 4.61. The zero-order valence-corrected chi connectivity index (χ0v) is 21.4. The van der Waals surface area contributed by atoms with Crippen molar-refractivity contribution in [3.8, 4) is 17.1 Å². The molecular weight excluding hydrogens is 466 g/mol. The molecule has 0 aliphatic carbocycles. The van der Waals surface area contributed by atoms with E-state index < -0.39 is 0 Å². The average Bonchev–Trinajstić information content (AvgIpc) is 3.31. The number of aryl methyl sites for hydroxylation is 1. The molecule has 1 saturated heterocycles. The van der Waals surface area contributed by atoms with E-state index in [0.717, 1.165) is 47.6 Å². The quantitative estimate of drug-likeness (QED) is 0.382. The molecule has 2 aromatic carbocycles. The van der Waals surface area contributed by atoms with Gasteiger partial charge in [-0.15, -0.1) is 0 Å². The topological polar surface area (TPSA) is 89.3 Å². The van der Waals surface area contributed by atoms with Crippen LogP contribution in [0.25, 0.3) is 22.4 Å². The molecule has 2 aromatic heterocycles. The first-order valence-electron chi connectivity index (χ1n) is 12.7. The summed E-state index contributed by atoms with van der Waals surface area (Å²) in [5.74, 6) is 1.18. The van der Waals surface area contributed by atoms with Gasteiger partial charge in [0.15, 0.2) is 0 Å². The van der Waals surface area contributed by atoms with Crippen molar-refractivity contribution in [2.24, 2.45) is 0 Å². The highest BCUT2D eigenvalue weighted by atomic mass is 16.5. The molecule has 37 heavy (non-hydrogen) atoms. The number of imidazole rings is 1. The number of aromatic nitrogens is 3. The van der Waals surface area contributed by atoms with Crippen molar-refractivity contribution in [2.45, 2.75) is 45.7 Å². The van der Waals surface area contributed by atoms with Gasteiger partial charge >= 0.3 is 0 Å². The molecule has 4 aromatic rings. The lowest BCUT2D eigenvalue weighted by atomic mass is 9.97. The highest BCUT2D eigenvalue weighted by Gasteiger charge is 2.32. The van der Waals surface area contributed by atoms with E-state index in [1.807, 2.05) is 60.4 Å². The number of pyridine rings is 1. The summed E-state index contributed by atoms with van der Waals surface area (Å²) in [7, 11) is 1.63. The lowest BCUT2D eigenvalue weighted by Crippen LogP contribution is -2.39. The minimum atomic E-state index is -0.204. The number of fused-ring (bicyclic) bond motifs is 1. The number of piperidine rings is 1. The molecule has 190 valence electrons. The van der Waals surface area contributed by atoms with Gasteiger partial charge in [0, 0.05) is 37.5 Å². The van der Waals surface area contributed by atoms with E-state index in [0.29, 0.717) is 29.9 Å². The Hall–Kier alpha value is -4.20. The molecule has 1 fully saturated rings. The first kappa shape index (κ1) is 24.5. The molecule has 0 unspecified atom stereocenters. The Labute approximate surface area is 216 Å². The number of hydrogen-bond donors (Lipinski definition) is 1. The number of ether oxygens (including phenoxy) is 1. The summed E-state index contributed by atoms with van der Waals surface area (Å²) in [5.41, 5.74) is 4.26. The molecule has 8 nitrogen and oxygen atoms in total. The smallest absolute Gasteiger partial charge is 0.256 e. The first-order chi connectivity index (χ1) is 18.0. The maximum Gasteiger partial charge on any atom is 0.256 e. The fourth-order valence-corrected chi connectivity index (χ4v) is 5.21. The van der Waals surface area contributed by atoms with Crippen LogP contribution in [0.5, 0.6) is 5.75 Å². The van der Waals surface area contributed by atoms with Crippen molar-refractivity contribution in [2.75, 3.05) is 19.0 Å². The van der Waals surface area contributed by atoms with Crippen molar-refractivity contribution in [1.82, 2.24) is 19.4 Å². The fourth-order valence-electron chi connectivity index (χ4n) is 5.21. The Balaban J connectivity index is 1.68. The van der Waals surface area contributed by atoms with Crippen molar-refractivity contribution in [3.63, 3.8) is 0 Å². The molecule has 1 aliphatic heterocycles. The molecule has 0 spiro atoms. The lowest BCUT2D eigenvalue weighted by Gasteiger charge is -2.35. The Morgan fingerprint density at radius 2 is 1.97 bits per heavy atom. The molecule has 1 atom stereocenters. The number of benzene rings is 2. The van der Waals surface area contributed by atoms with E-state index >= 15 is 0 Å². The number of anilines is 1. The number of methoxy groups -OCH3 is 1. The van der Waals surface area contributed by atoms with Crippen LogP contribution in [0.2, 0.25) is 0 Å². The van der Waals surface area contributed by atoms with Crippen LogP contribution in [-0.4, -0.2) is 44.9 Å². The van der Waals surface area contributed by atoms with Crippen LogP contribution in [0.4, 0.5) is 5.69 Å². The summed E-state index contributed by atoms with van der Waals surface area (Å²) in [6, 6.07) is 17.1. The number of nitrogens with one attached hydrogen (secondary N) is 1. The molecule has 0 radical (unpaired) electrons. The number of amides is 2. The first-order valence-corrected chi connectivity index (χ1v) is 12.7. The largest absolute Gasteiger partial charge is 0.497 e. The van der Waals surface area contributed by atoms with Crippen LogP contribution in [0, 0.1) is 0 Å². The van der Waals surface area contributed by atoms with Crippen molar-refractivity contribution >= 4 is 28.5 Å². The van der Waals surface area contributed by atoms with Crippen LogP contribution >= 0.6 is 0 Å². The van der Waals surface area contributed by atoms with Gasteiger partial charge in [0.25, 0.3) is 5.91 Å². The monoisotopic (exact) mass is 497 g/mol. The lowest BCUT2D eigenvalue weighted by molar-refractivity contribution is -0.114. The van der Waals surface area contributed by atoms with E-state index in [9.17, 15) is 9.59 Å². The Bertz CT molecular complexity index is 1450. The van der Waals surface area contributed by atoms with Gasteiger partial charge in [-0.3, -0.25) is 14.6 Å². The maximum absolute atomic E-state index is 14.3. The summed E-state index contributed by atoms with van der Waals surface area (Å²) in [6.45, 7) is 4.76. The molecule has 1 aliphatic rings. The van der Waals surface area contributed by atoms with Crippen LogP contribution in [0.15, 0.2) is 60.8 Å². The van der Waals surface area contributed by atoms with Crippen LogP contribution in [0.1, 0.15) is 55.2 Å². The zero-order valence-electron chi connectivity index (χ0n) is 21.4. The minimum absolute atomic E-state index is 0.0839. The zero-order chi connectivity index (χ0) is 25.9.